The first kappa shape index (κ1) is 14.1. The summed E-state index contributed by atoms with van der Waals surface area (Å²) in [7, 11) is 3.50. The van der Waals surface area contributed by atoms with Crippen molar-refractivity contribution in [3.8, 4) is 0 Å². The number of aromatic amines is 1. The lowest BCUT2D eigenvalue weighted by Crippen LogP contribution is -2.21. The van der Waals surface area contributed by atoms with Gasteiger partial charge in [0.2, 0.25) is 0 Å². The van der Waals surface area contributed by atoms with E-state index >= 15 is 0 Å². The molecule has 1 amide bonds. The zero-order valence-corrected chi connectivity index (χ0v) is 12.3. The molecule has 0 spiro atoms. The van der Waals surface area contributed by atoms with E-state index in [2.05, 4.69) is 15.5 Å². The first-order valence-corrected chi connectivity index (χ1v) is 6.55. The summed E-state index contributed by atoms with van der Waals surface area (Å²) in [6, 6.07) is 7.53. The first-order valence-electron chi connectivity index (χ1n) is 6.55. The molecular weight excluding hydrogens is 252 g/mol. The number of anilines is 1. The number of carbonyl (C=O) groups excluding carboxylic acids is 1. The van der Waals surface area contributed by atoms with E-state index in [4.69, 9.17) is 0 Å². The number of amides is 1. The van der Waals surface area contributed by atoms with Crippen LogP contribution in [-0.2, 0) is 6.54 Å². The molecule has 20 heavy (non-hydrogen) atoms. The number of rotatable bonds is 4. The Bertz CT molecular complexity index is 597. The number of nitrogens with one attached hydrogen (secondary N) is 2. The topological polar surface area (TPSA) is 61.0 Å². The van der Waals surface area contributed by atoms with Crippen LogP contribution < -0.4 is 5.32 Å². The molecular formula is C15H20N4O. The molecule has 1 aromatic heterocycles. The second kappa shape index (κ2) is 5.77. The zero-order chi connectivity index (χ0) is 14.7. The van der Waals surface area contributed by atoms with Crippen molar-refractivity contribution in [3.05, 3.63) is 46.8 Å². The number of H-pyrrole nitrogens is 1. The molecule has 0 aliphatic rings. The van der Waals surface area contributed by atoms with Crippen molar-refractivity contribution < 1.29 is 4.79 Å². The summed E-state index contributed by atoms with van der Waals surface area (Å²) in [6.07, 6.45) is 0. The quantitative estimate of drug-likeness (QED) is 0.898. The summed E-state index contributed by atoms with van der Waals surface area (Å²) >= 11 is 0. The first-order chi connectivity index (χ1) is 9.49. The highest BCUT2D eigenvalue weighted by molar-refractivity contribution is 5.94. The summed E-state index contributed by atoms with van der Waals surface area (Å²) in [6.45, 7) is 4.67. The van der Waals surface area contributed by atoms with Crippen LogP contribution >= 0.6 is 0 Å². The third-order valence-electron chi connectivity index (χ3n) is 3.27. The largest absolute Gasteiger partial charge is 0.381 e. The molecule has 2 rings (SSSR count). The average Bonchev–Trinajstić information content (AvgIpc) is 2.75. The molecule has 106 valence electrons. The predicted molar refractivity (Wildman–Crippen MR) is 79.8 cm³/mol. The molecule has 0 aliphatic carbocycles. The third kappa shape index (κ3) is 2.99. The minimum atomic E-state index is 0.00400. The van der Waals surface area contributed by atoms with E-state index in [0.29, 0.717) is 12.1 Å². The van der Waals surface area contributed by atoms with Gasteiger partial charge in [-0.3, -0.25) is 9.89 Å². The van der Waals surface area contributed by atoms with Gasteiger partial charge in [-0.05, 0) is 32.0 Å². The molecule has 0 radical (unpaired) electrons. The van der Waals surface area contributed by atoms with E-state index in [0.717, 1.165) is 22.6 Å². The summed E-state index contributed by atoms with van der Waals surface area (Å²) < 4.78 is 0. The van der Waals surface area contributed by atoms with E-state index < -0.39 is 0 Å². The second-order valence-electron chi connectivity index (χ2n) is 5.05. The molecule has 5 heteroatoms. The molecule has 0 aliphatic heterocycles. The van der Waals surface area contributed by atoms with Crippen LogP contribution in [0.15, 0.2) is 24.3 Å². The summed E-state index contributed by atoms with van der Waals surface area (Å²) in [5.41, 5.74) is 4.83. The van der Waals surface area contributed by atoms with Gasteiger partial charge in [0, 0.05) is 43.1 Å². The molecule has 2 aromatic rings. The fourth-order valence-electron chi connectivity index (χ4n) is 2.05. The van der Waals surface area contributed by atoms with Crippen molar-refractivity contribution in [2.75, 3.05) is 19.4 Å². The van der Waals surface area contributed by atoms with Gasteiger partial charge in [-0.15, -0.1) is 0 Å². The fraction of sp³-hybridized carbons (Fsp3) is 0.333. The van der Waals surface area contributed by atoms with Crippen molar-refractivity contribution in [1.29, 1.82) is 0 Å². The van der Waals surface area contributed by atoms with Gasteiger partial charge in [-0.2, -0.15) is 5.10 Å². The van der Waals surface area contributed by atoms with Crippen LogP contribution in [0.25, 0.3) is 0 Å². The minimum Gasteiger partial charge on any atom is -0.381 e. The Morgan fingerprint density at radius 1 is 1.35 bits per heavy atom. The highest BCUT2D eigenvalue weighted by Crippen LogP contribution is 2.15. The Kier molecular flexibility index (Phi) is 4.08. The number of hydrogen-bond donors (Lipinski definition) is 2. The third-order valence-corrected chi connectivity index (χ3v) is 3.27. The highest BCUT2D eigenvalue weighted by atomic mass is 16.2. The number of aromatic nitrogens is 2. The molecule has 2 N–H and O–H groups in total. The maximum absolute atomic E-state index is 11.9. The number of nitrogens with zero attached hydrogens (tertiary/aromatic N) is 2. The molecule has 1 aromatic carbocycles. The summed E-state index contributed by atoms with van der Waals surface area (Å²) in [4.78, 5) is 13.5. The zero-order valence-electron chi connectivity index (χ0n) is 12.3. The highest BCUT2D eigenvalue weighted by Gasteiger charge is 2.09. The standard InChI is InChI=1S/C15H20N4O/c1-10-14(11(2)18-17-10)9-16-13-7-5-6-12(8-13)15(20)19(3)4/h5-8,16H,9H2,1-4H3,(H,17,18). The van der Waals surface area contributed by atoms with Gasteiger partial charge in [0.15, 0.2) is 0 Å². The van der Waals surface area contributed by atoms with Crippen molar-refractivity contribution in [3.63, 3.8) is 0 Å². The van der Waals surface area contributed by atoms with Gasteiger partial charge in [0.1, 0.15) is 0 Å². The number of aryl methyl sites for hydroxylation is 2. The molecule has 0 unspecified atom stereocenters. The Hall–Kier alpha value is -2.30. The van der Waals surface area contributed by atoms with E-state index in [-0.39, 0.29) is 5.91 Å². The normalized spacial score (nSPS) is 10.4. The second-order valence-corrected chi connectivity index (χ2v) is 5.05. The van der Waals surface area contributed by atoms with Crippen LogP contribution in [-0.4, -0.2) is 35.1 Å². The molecule has 1 heterocycles. The number of benzene rings is 1. The molecule has 0 saturated carbocycles. The van der Waals surface area contributed by atoms with Gasteiger partial charge in [-0.25, -0.2) is 0 Å². The van der Waals surface area contributed by atoms with Crippen LogP contribution in [0.5, 0.6) is 0 Å². The number of hydrogen-bond acceptors (Lipinski definition) is 3. The van der Waals surface area contributed by atoms with Crippen molar-refractivity contribution in [2.45, 2.75) is 20.4 Å². The van der Waals surface area contributed by atoms with Gasteiger partial charge in [0.25, 0.3) is 5.91 Å². The molecule has 0 fully saturated rings. The van der Waals surface area contributed by atoms with E-state index in [1.807, 2.05) is 38.1 Å². The Labute approximate surface area is 119 Å². The van der Waals surface area contributed by atoms with Gasteiger partial charge < -0.3 is 10.2 Å². The maximum atomic E-state index is 11.9. The monoisotopic (exact) mass is 272 g/mol. The maximum Gasteiger partial charge on any atom is 0.253 e. The SMILES string of the molecule is Cc1n[nH]c(C)c1CNc1cccc(C(=O)N(C)C)c1. The van der Waals surface area contributed by atoms with Crippen molar-refractivity contribution >= 4 is 11.6 Å². The van der Waals surface area contributed by atoms with E-state index in [1.54, 1.807) is 19.0 Å². The predicted octanol–water partition coefficient (Wildman–Crippen LogP) is 2.34. The lowest BCUT2D eigenvalue weighted by molar-refractivity contribution is 0.0827. The van der Waals surface area contributed by atoms with E-state index in [9.17, 15) is 4.79 Å². The van der Waals surface area contributed by atoms with Crippen LogP contribution in [0.3, 0.4) is 0 Å². The van der Waals surface area contributed by atoms with Crippen LogP contribution in [0.4, 0.5) is 5.69 Å². The summed E-state index contributed by atoms with van der Waals surface area (Å²) in [5, 5.41) is 10.5. The van der Waals surface area contributed by atoms with Crippen molar-refractivity contribution in [1.82, 2.24) is 15.1 Å². The Balaban J connectivity index is 2.11. The smallest absolute Gasteiger partial charge is 0.253 e. The molecule has 0 atom stereocenters. The van der Waals surface area contributed by atoms with Gasteiger partial charge in [-0.1, -0.05) is 6.07 Å². The molecule has 0 saturated heterocycles. The van der Waals surface area contributed by atoms with Gasteiger partial charge in [0.05, 0.1) is 5.69 Å². The Morgan fingerprint density at radius 3 is 2.70 bits per heavy atom. The van der Waals surface area contributed by atoms with Crippen LogP contribution in [0, 0.1) is 13.8 Å². The lowest BCUT2D eigenvalue weighted by atomic mass is 10.1. The summed E-state index contributed by atoms with van der Waals surface area (Å²) in [5.74, 6) is 0.00400. The fourth-order valence-corrected chi connectivity index (χ4v) is 2.05. The van der Waals surface area contributed by atoms with Crippen molar-refractivity contribution in [2.24, 2.45) is 0 Å². The molecule has 0 bridgehead atoms. The molecule has 5 nitrogen and oxygen atoms in total. The average molecular weight is 272 g/mol. The van der Waals surface area contributed by atoms with E-state index in [1.165, 1.54) is 0 Å². The van der Waals surface area contributed by atoms with Crippen LogP contribution in [0.1, 0.15) is 27.3 Å². The lowest BCUT2D eigenvalue weighted by Gasteiger charge is -2.12. The Morgan fingerprint density at radius 2 is 2.10 bits per heavy atom. The van der Waals surface area contributed by atoms with Crippen LogP contribution in [0.2, 0.25) is 0 Å². The number of carbonyl (C=O) groups is 1. The van der Waals surface area contributed by atoms with Gasteiger partial charge >= 0.3 is 0 Å². The minimum absolute atomic E-state index is 0.00400.